The summed E-state index contributed by atoms with van der Waals surface area (Å²) >= 11 is 12.5. The van der Waals surface area contributed by atoms with E-state index in [1.807, 2.05) is 32.0 Å². The highest BCUT2D eigenvalue weighted by molar-refractivity contribution is 6.42. The number of aryl methyl sites for hydroxylation is 2. The molecule has 8 heteroatoms. The summed E-state index contributed by atoms with van der Waals surface area (Å²) in [5.74, 6) is 1.21. The first kappa shape index (κ1) is 21.6. The zero-order valence-electron chi connectivity index (χ0n) is 19.1. The van der Waals surface area contributed by atoms with Crippen molar-refractivity contribution in [3.8, 4) is 17.3 Å². The lowest BCUT2D eigenvalue weighted by Crippen LogP contribution is -2.49. The summed E-state index contributed by atoms with van der Waals surface area (Å²) < 4.78 is 20.4. The molecule has 2 atom stereocenters. The fourth-order valence-electron chi connectivity index (χ4n) is 5.32. The molecule has 2 aromatic heterocycles. The van der Waals surface area contributed by atoms with E-state index in [1.165, 1.54) is 6.07 Å². The van der Waals surface area contributed by atoms with Crippen molar-refractivity contribution in [2.24, 2.45) is 5.92 Å². The van der Waals surface area contributed by atoms with E-state index in [-0.39, 0.29) is 17.5 Å². The molecule has 2 aromatic carbocycles. The largest absolute Gasteiger partial charge is 0.493 e. The molecule has 2 aliphatic rings. The fraction of sp³-hybridized carbons (Fsp3) is 0.308. The zero-order chi connectivity index (χ0) is 23.9. The Labute approximate surface area is 206 Å². The van der Waals surface area contributed by atoms with Gasteiger partial charge in [-0.15, -0.1) is 0 Å². The van der Waals surface area contributed by atoms with Crippen LogP contribution >= 0.6 is 23.2 Å². The summed E-state index contributed by atoms with van der Waals surface area (Å²) in [5, 5.41) is 6.64. The summed E-state index contributed by atoms with van der Waals surface area (Å²) in [5.41, 5.74) is 3.86. The normalized spacial score (nSPS) is 20.2. The van der Waals surface area contributed by atoms with Crippen molar-refractivity contribution in [3.05, 3.63) is 79.2 Å². The van der Waals surface area contributed by atoms with Crippen molar-refractivity contribution >= 4 is 34.2 Å². The van der Waals surface area contributed by atoms with Crippen LogP contribution in [-0.4, -0.2) is 22.0 Å². The molecule has 0 saturated heterocycles. The van der Waals surface area contributed by atoms with Gasteiger partial charge in [-0.1, -0.05) is 23.2 Å². The first-order chi connectivity index (χ1) is 16.2. The highest BCUT2D eigenvalue weighted by Gasteiger charge is 2.51. The molecule has 6 nitrogen and oxygen atoms in total. The molecule has 2 aliphatic heterocycles. The minimum absolute atomic E-state index is 0.0194. The van der Waals surface area contributed by atoms with Crippen molar-refractivity contribution < 1.29 is 13.9 Å². The number of nitrogens with zero attached hydrogens (tertiary/aromatic N) is 2. The van der Waals surface area contributed by atoms with Crippen LogP contribution in [0.5, 0.6) is 11.6 Å². The van der Waals surface area contributed by atoms with Crippen LogP contribution in [0.4, 0.5) is 0 Å². The van der Waals surface area contributed by atoms with Gasteiger partial charge in [-0.25, -0.2) is 9.48 Å². The minimum atomic E-state index is -0.581. The smallest absolute Gasteiger partial charge is 0.336 e. The molecule has 0 fully saturated rings. The average molecular weight is 497 g/mol. The second kappa shape index (κ2) is 7.27. The van der Waals surface area contributed by atoms with Crippen LogP contribution in [0.15, 0.2) is 45.6 Å². The van der Waals surface area contributed by atoms with Crippen LogP contribution < -0.4 is 15.1 Å². The van der Waals surface area contributed by atoms with Gasteiger partial charge in [0.1, 0.15) is 16.9 Å². The number of hydrogen-bond acceptors (Lipinski definition) is 5. The van der Waals surface area contributed by atoms with E-state index in [0.29, 0.717) is 33.9 Å². The highest BCUT2D eigenvalue weighted by atomic mass is 35.5. The Bertz CT molecular complexity index is 1550. The lowest BCUT2D eigenvalue weighted by atomic mass is 9.70. The first-order valence-corrected chi connectivity index (χ1v) is 11.9. The summed E-state index contributed by atoms with van der Waals surface area (Å²) in [6.07, 6.45) is 0. The highest BCUT2D eigenvalue weighted by Crippen LogP contribution is 2.55. The van der Waals surface area contributed by atoms with Crippen LogP contribution in [0.25, 0.3) is 16.7 Å². The van der Waals surface area contributed by atoms with Gasteiger partial charge in [0.15, 0.2) is 0 Å². The van der Waals surface area contributed by atoms with E-state index >= 15 is 0 Å². The standard InChI is InChI=1S/C26H22Cl2N2O4/c1-12-9-20(31)33-24-15(12)6-8-19-23(24)22-16(11-32-19)26(3,4)34-25-21(22)13(2)29-30(25)14-5-7-17(27)18(28)10-14/h5-10,16,22H,11H2,1-4H3. The molecular weight excluding hydrogens is 475 g/mol. The van der Waals surface area contributed by atoms with Crippen LogP contribution in [-0.2, 0) is 0 Å². The molecule has 4 heterocycles. The summed E-state index contributed by atoms with van der Waals surface area (Å²) in [6.45, 7) is 8.46. The summed E-state index contributed by atoms with van der Waals surface area (Å²) in [4.78, 5) is 12.4. The third-order valence-electron chi connectivity index (χ3n) is 7.02. The lowest BCUT2D eigenvalue weighted by Gasteiger charge is -2.46. The van der Waals surface area contributed by atoms with E-state index in [9.17, 15) is 4.79 Å². The van der Waals surface area contributed by atoms with Gasteiger partial charge in [-0.3, -0.25) is 0 Å². The Hall–Kier alpha value is -2.96. The molecule has 174 valence electrons. The third-order valence-corrected chi connectivity index (χ3v) is 7.76. The lowest BCUT2D eigenvalue weighted by molar-refractivity contribution is -0.0184. The predicted octanol–water partition coefficient (Wildman–Crippen LogP) is 6.21. The van der Waals surface area contributed by atoms with Gasteiger partial charge in [-0.2, -0.15) is 5.10 Å². The Kier molecular flexibility index (Phi) is 4.61. The molecular formula is C26H22Cl2N2O4. The quantitative estimate of drug-likeness (QED) is 0.293. The SMILES string of the molecule is Cc1nn(-c2ccc(Cl)c(Cl)c2)c2c1C1c3c(ccc4c(C)cc(=O)oc34)OCC1C(C)(C)O2. The molecule has 0 bridgehead atoms. The second-order valence-electron chi connectivity index (χ2n) is 9.52. The van der Waals surface area contributed by atoms with E-state index < -0.39 is 5.60 Å². The Morgan fingerprint density at radius 2 is 1.85 bits per heavy atom. The van der Waals surface area contributed by atoms with Crippen molar-refractivity contribution in [1.82, 2.24) is 9.78 Å². The van der Waals surface area contributed by atoms with Crippen molar-refractivity contribution in [2.45, 2.75) is 39.2 Å². The van der Waals surface area contributed by atoms with Gasteiger partial charge in [0.05, 0.1) is 28.0 Å². The number of hydrogen-bond donors (Lipinski definition) is 0. The van der Waals surface area contributed by atoms with Crippen LogP contribution in [0.1, 0.15) is 42.1 Å². The monoisotopic (exact) mass is 496 g/mol. The van der Waals surface area contributed by atoms with Gasteiger partial charge in [-0.05, 0) is 63.6 Å². The number of halogens is 2. The predicted molar refractivity (Wildman–Crippen MR) is 131 cm³/mol. The molecule has 0 amide bonds. The van der Waals surface area contributed by atoms with Crippen LogP contribution in [0.3, 0.4) is 0 Å². The maximum atomic E-state index is 12.4. The van der Waals surface area contributed by atoms with Gasteiger partial charge in [0.25, 0.3) is 0 Å². The molecule has 0 spiro atoms. The van der Waals surface area contributed by atoms with Gasteiger partial charge in [0, 0.05) is 34.4 Å². The molecule has 4 aromatic rings. The number of ether oxygens (including phenoxy) is 2. The van der Waals surface area contributed by atoms with Gasteiger partial charge < -0.3 is 13.9 Å². The van der Waals surface area contributed by atoms with Gasteiger partial charge in [0.2, 0.25) is 5.88 Å². The Balaban J connectivity index is 1.66. The van der Waals surface area contributed by atoms with Crippen LogP contribution in [0, 0.1) is 19.8 Å². The fourth-order valence-corrected chi connectivity index (χ4v) is 5.61. The van der Waals surface area contributed by atoms with E-state index in [2.05, 4.69) is 13.8 Å². The molecule has 0 radical (unpaired) electrons. The Morgan fingerprint density at radius 3 is 2.62 bits per heavy atom. The molecule has 0 aliphatic carbocycles. The maximum absolute atomic E-state index is 12.4. The van der Waals surface area contributed by atoms with Crippen LogP contribution in [0.2, 0.25) is 10.0 Å². The number of rotatable bonds is 1. The molecule has 0 N–H and O–H groups in total. The second-order valence-corrected chi connectivity index (χ2v) is 10.3. The zero-order valence-corrected chi connectivity index (χ0v) is 20.6. The van der Waals surface area contributed by atoms with Crippen molar-refractivity contribution in [3.63, 3.8) is 0 Å². The third kappa shape index (κ3) is 3.01. The van der Waals surface area contributed by atoms with Crippen molar-refractivity contribution in [2.75, 3.05) is 6.61 Å². The number of benzene rings is 2. The minimum Gasteiger partial charge on any atom is -0.493 e. The first-order valence-electron chi connectivity index (χ1n) is 11.1. The maximum Gasteiger partial charge on any atom is 0.336 e. The van der Waals surface area contributed by atoms with Gasteiger partial charge >= 0.3 is 5.63 Å². The molecule has 6 rings (SSSR count). The van der Waals surface area contributed by atoms with E-state index in [0.717, 1.165) is 33.5 Å². The summed E-state index contributed by atoms with van der Waals surface area (Å²) in [7, 11) is 0. The number of fused-ring (bicyclic) bond motifs is 7. The summed E-state index contributed by atoms with van der Waals surface area (Å²) in [6, 6.07) is 10.8. The number of aromatic nitrogens is 2. The topological polar surface area (TPSA) is 66.5 Å². The van der Waals surface area contributed by atoms with E-state index in [4.69, 9.17) is 42.2 Å². The average Bonchev–Trinajstić information content (AvgIpc) is 3.09. The van der Waals surface area contributed by atoms with Crippen molar-refractivity contribution in [1.29, 1.82) is 0 Å². The van der Waals surface area contributed by atoms with E-state index in [1.54, 1.807) is 16.8 Å². The molecule has 2 unspecified atom stereocenters. The molecule has 34 heavy (non-hydrogen) atoms. The molecule has 0 saturated carbocycles. The Morgan fingerprint density at radius 1 is 1.06 bits per heavy atom.